The van der Waals surface area contributed by atoms with E-state index in [2.05, 4.69) is 0 Å². The van der Waals surface area contributed by atoms with Crippen LogP contribution in [0, 0.1) is 0 Å². The van der Waals surface area contributed by atoms with Gasteiger partial charge in [0.1, 0.15) is 0 Å². The van der Waals surface area contributed by atoms with Crippen LogP contribution in [0.1, 0.15) is 25.8 Å². The van der Waals surface area contributed by atoms with Crippen LogP contribution in [0.2, 0.25) is 0 Å². The molecule has 2 N–H and O–H groups in total. The van der Waals surface area contributed by atoms with Crippen molar-refractivity contribution in [3.63, 3.8) is 0 Å². The number of halogens is 2. The lowest BCUT2D eigenvalue weighted by Crippen LogP contribution is -2.43. The number of alkyl halides is 2. The van der Waals surface area contributed by atoms with Gasteiger partial charge in [-0.1, -0.05) is 30.3 Å². The van der Waals surface area contributed by atoms with Gasteiger partial charge in [0.15, 0.2) is 0 Å². The lowest BCUT2D eigenvalue weighted by atomic mass is 9.88. The number of hydrogen-bond acceptors (Lipinski definition) is 1. The quantitative estimate of drug-likeness (QED) is 0.817. The van der Waals surface area contributed by atoms with Crippen LogP contribution in [0.4, 0.5) is 8.78 Å². The van der Waals surface area contributed by atoms with Gasteiger partial charge < -0.3 is 5.73 Å². The van der Waals surface area contributed by atoms with Crippen molar-refractivity contribution in [3.05, 3.63) is 35.9 Å². The molecule has 1 aromatic rings. The van der Waals surface area contributed by atoms with Crippen LogP contribution in [0.15, 0.2) is 30.3 Å². The van der Waals surface area contributed by atoms with E-state index in [0.29, 0.717) is 6.42 Å². The largest absolute Gasteiger partial charge is 0.325 e. The Morgan fingerprint density at radius 2 is 1.67 bits per heavy atom. The summed E-state index contributed by atoms with van der Waals surface area (Å²) < 4.78 is 25.7. The summed E-state index contributed by atoms with van der Waals surface area (Å²) in [5.74, 6) is -2.71. The summed E-state index contributed by atoms with van der Waals surface area (Å²) in [5, 5.41) is 0. The van der Waals surface area contributed by atoms with Gasteiger partial charge in [-0.05, 0) is 25.8 Å². The van der Waals surface area contributed by atoms with E-state index in [1.807, 2.05) is 30.3 Å². The average Bonchev–Trinajstić information content (AvgIpc) is 1.99. The Kier molecular flexibility index (Phi) is 3.45. The van der Waals surface area contributed by atoms with Crippen molar-refractivity contribution >= 4 is 0 Å². The minimum Gasteiger partial charge on any atom is -0.325 e. The molecule has 0 aliphatic rings. The van der Waals surface area contributed by atoms with E-state index >= 15 is 0 Å². The molecule has 0 aromatic heterocycles. The third-order valence-corrected chi connectivity index (χ3v) is 2.17. The maximum atomic E-state index is 12.8. The number of nitrogens with two attached hydrogens (primary N) is 1. The summed E-state index contributed by atoms with van der Waals surface area (Å²) in [5.41, 5.74) is 5.99. The number of benzene rings is 1. The molecule has 0 fully saturated rings. The zero-order valence-electron chi connectivity index (χ0n) is 9.13. The highest BCUT2D eigenvalue weighted by Crippen LogP contribution is 2.26. The molecule has 0 saturated carbocycles. The molecule has 0 bridgehead atoms. The topological polar surface area (TPSA) is 26.0 Å². The summed E-state index contributed by atoms with van der Waals surface area (Å²) in [6.07, 6.45) is 0.173. The molecule has 0 saturated heterocycles. The first-order valence-corrected chi connectivity index (χ1v) is 4.99. The standard InChI is InChI=1S/C12H17F2N/c1-11(15,9-12(2,13)14)8-10-6-4-3-5-7-10/h3-7H,8-9,15H2,1-2H3. The van der Waals surface area contributed by atoms with Gasteiger partial charge in [0, 0.05) is 12.0 Å². The van der Waals surface area contributed by atoms with Crippen molar-refractivity contribution in [2.24, 2.45) is 5.73 Å². The van der Waals surface area contributed by atoms with Gasteiger partial charge in [0.05, 0.1) is 0 Å². The molecule has 0 aliphatic heterocycles. The van der Waals surface area contributed by atoms with Gasteiger partial charge >= 0.3 is 0 Å². The van der Waals surface area contributed by atoms with E-state index in [4.69, 9.17) is 5.73 Å². The van der Waals surface area contributed by atoms with Gasteiger partial charge in [-0.25, -0.2) is 8.78 Å². The van der Waals surface area contributed by atoms with Crippen LogP contribution in [0.25, 0.3) is 0 Å². The van der Waals surface area contributed by atoms with Crippen LogP contribution >= 0.6 is 0 Å². The number of hydrogen-bond donors (Lipinski definition) is 1. The van der Waals surface area contributed by atoms with E-state index in [-0.39, 0.29) is 6.42 Å². The molecule has 1 nitrogen and oxygen atoms in total. The fourth-order valence-corrected chi connectivity index (χ4v) is 1.83. The molecule has 3 heteroatoms. The van der Waals surface area contributed by atoms with Crippen LogP contribution < -0.4 is 5.73 Å². The predicted molar refractivity (Wildman–Crippen MR) is 58.0 cm³/mol. The van der Waals surface area contributed by atoms with Crippen molar-refractivity contribution in [2.45, 2.75) is 38.2 Å². The van der Waals surface area contributed by atoms with Crippen LogP contribution in [-0.4, -0.2) is 11.5 Å². The van der Waals surface area contributed by atoms with E-state index in [9.17, 15) is 8.78 Å². The van der Waals surface area contributed by atoms with Crippen LogP contribution in [0.3, 0.4) is 0 Å². The molecule has 0 aliphatic carbocycles. The van der Waals surface area contributed by atoms with Crippen LogP contribution in [0.5, 0.6) is 0 Å². The van der Waals surface area contributed by atoms with Crippen molar-refractivity contribution in [1.82, 2.24) is 0 Å². The minimum atomic E-state index is -2.71. The Balaban J connectivity index is 2.65. The van der Waals surface area contributed by atoms with Crippen molar-refractivity contribution in [1.29, 1.82) is 0 Å². The lowest BCUT2D eigenvalue weighted by Gasteiger charge is -2.27. The van der Waals surface area contributed by atoms with Crippen molar-refractivity contribution in [3.8, 4) is 0 Å². The molecular weight excluding hydrogens is 196 g/mol. The molecule has 1 unspecified atom stereocenters. The second-order valence-electron chi connectivity index (χ2n) is 4.56. The Hall–Kier alpha value is -0.960. The van der Waals surface area contributed by atoms with Crippen LogP contribution in [-0.2, 0) is 6.42 Å². The monoisotopic (exact) mass is 213 g/mol. The smallest absolute Gasteiger partial charge is 0.247 e. The van der Waals surface area contributed by atoms with Gasteiger partial charge in [0.2, 0.25) is 5.92 Å². The number of rotatable bonds is 4. The lowest BCUT2D eigenvalue weighted by molar-refractivity contribution is -0.00665. The van der Waals surface area contributed by atoms with Crippen molar-refractivity contribution < 1.29 is 8.78 Å². The Morgan fingerprint density at radius 1 is 1.13 bits per heavy atom. The molecule has 1 rings (SSSR count). The summed E-state index contributed by atoms with van der Waals surface area (Å²) in [4.78, 5) is 0. The fourth-order valence-electron chi connectivity index (χ4n) is 1.83. The molecule has 0 amide bonds. The molecular formula is C12H17F2N. The zero-order chi connectivity index (χ0) is 11.5. The summed E-state index contributed by atoms with van der Waals surface area (Å²) in [6.45, 7) is 2.57. The van der Waals surface area contributed by atoms with Gasteiger partial charge in [-0.2, -0.15) is 0 Å². The molecule has 0 heterocycles. The second-order valence-corrected chi connectivity index (χ2v) is 4.56. The third kappa shape index (κ3) is 4.88. The molecule has 15 heavy (non-hydrogen) atoms. The highest BCUT2D eigenvalue weighted by Gasteiger charge is 2.32. The summed E-state index contributed by atoms with van der Waals surface area (Å²) in [6, 6.07) is 9.47. The maximum Gasteiger partial charge on any atom is 0.247 e. The Bertz CT molecular complexity index is 301. The van der Waals surface area contributed by atoms with Gasteiger partial charge in [-0.15, -0.1) is 0 Å². The molecule has 1 atom stereocenters. The first-order chi connectivity index (χ1) is 6.79. The molecule has 1 aromatic carbocycles. The highest BCUT2D eigenvalue weighted by molar-refractivity contribution is 5.17. The van der Waals surface area contributed by atoms with E-state index in [1.165, 1.54) is 0 Å². The Morgan fingerprint density at radius 3 is 2.13 bits per heavy atom. The maximum absolute atomic E-state index is 12.8. The summed E-state index contributed by atoms with van der Waals surface area (Å²) in [7, 11) is 0. The normalized spacial score (nSPS) is 16.1. The second kappa shape index (κ2) is 4.27. The first kappa shape index (κ1) is 12.1. The minimum absolute atomic E-state index is 0.297. The zero-order valence-corrected chi connectivity index (χ0v) is 9.13. The molecule has 84 valence electrons. The molecule has 0 spiro atoms. The Labute approximate surface area is 89.3 Å². The SMILES string of the molecule is CC(F)(F)CC(C)(N)Cc1ccccc1. The average molecular weight is 213 g/mol. The first-order valence-electron chi connectivity index (χ1n) is 4.99. The van der Waals surface area contributed by atoms with E-state index in [1.54, 1.807) is 6.92 Å². The molecule has 0 radical (unpaired) electrons. The third-order valence-electron chi connectivity index (χ3n) is 2.17. The van der Waals surface area contributed by atoms with Gasteiger partial charge in [-0.3, -0.25) is 0 Å². The highest BCUT2D eigenvalue weighted by atomic mass is 19.3. The van der Waals surface area contributed by atoms with E-state index in [0.717, 1.165) is 12.5 Å². The van der Waals surface area contributed by atoms with E-state index < -0.39 is 11.5 Å². The predicted octanol–water partition coefficient (Wildman–Crippen LogP) is 2.99. The fraction of sp³-hybridized carbons (Fsp3) is 0.500. The van der Waals surface area contributed by atoms with Crippen molar-refractivity contribution in [2.75, 3.05) is 0 Å². The summed E-state index contributed by atoms with van der Waals surface area (Å²) >= 11 is 0. The van der Waals surface area contributed by atoms with Gasteiger partial charge in [0.25, 0.3) is 0 Å².